The Labute approximate surface area is 212 Å². The van der Waals surface area contributed by atoms with Crippen LogP contribution in [-0.4, -0.2) is 18.5 Å². The lowest BCUT2D eigenvalue weighted by molar-refractivity contribution is -0.117. The standard InChI is InChI=1S/C28H36ClNO3S/c1-2-33-28(32)25-21-12-10-8-6-4-3-5-7-9-11-13-24(21)34-27(25)30-26(31)23-18-22(23)19-14-16-20(29)17-15-19/h14-17,22-23H,2-13,18H2,1H3,(H,30,31). The first-order chi connectivity index (χ1) is 16.6. The molecule has 1 amide bonds. The van der Waals surface area contributed by atoms with Gasteiger partial charge in [-0.3, -0.25) is 4.79 Å². The summed E-state index contributed by atoms with van der Waals surface area (Å²) in [4.78, 5) is 27.4. The summed E-state index contributed by atoms with van der Waals surface area (Å²) in [6.07, 6.45) is 13.8. The first kappa shape index (κ1) is 25.2. The molecule has 1 N–H and O–H groups in total. The lowest BCUT2D eigenvalue weighted by Crippen LogP contribution is -2.17. The number of carbonyl (C=O) groups excluding carboxylic acids is 2. The van der Waals surface area contributed by atoms with Gasteiger partial charge in [0.15, 0.2) is 0 Å². The highest BCUT2D eigenvalue weighted by Gasteiger charge is 2.44. The van der Waals surface area contributed by atoms with Gasteiger partial charge in [0, 0.05) is 15.8 Å². The molecule has 6 heteroatoms. The van der Waals surface area contributed by atoms with Crippen LogP contribution in [0.25, 0.3) is 0 Å². The Morgan fingerprint density at radius 2 is 1.59 bits per heavy atom. The zero-order valence-electron chi connectivity index (χ0n) is 20.2. The van der Waals surface area contributed by atoms with Crippen LogP contribution in [-0.2, 0) is 22.4 Å². The van der Waals surface area contributed by atoms with Crippen LogP contribution in [0.5, 0.6) is 0 Å². The van der Waals surface area contributed by atoms with Crippen LogP contribution in [0.3, 0.4) is 0 Å². The number of halogens is 1. The third-order valence-corrected chi connectivity index (χ3v) is 8.52. The number of ether oxygens (including phenoxy) is 1. The lowest BCUT2D eigenvalue weighted by Gasteiger charge is -2.10. The summed E-state index contributed by atoms with van der Waals surface area (Å²) >= 11 is 7.61. The van der Waals surface area contributed by atoms with E-state index < -0.39 is 0 Å². The number of hydrogen-bond donors (Lipinski definition) is 1. The minimum atomic E-state index is -0.301. The maximum Gasteiger partial charge on any atom is 0.341 e. The lowest BCUT2D eigenvalue weighted by atomic mass is 10.00. The molecule has 2 aliphatic rings. The van der Waals surface area contributed by atoms with E-state index in [9.17, 15) is 9.59 Å². The monoisotopic (exact) mass is 501 g/mol. The number of thiophene rings is 1. The van der Waals surface area contributed by atoms with Crippen LogP contribution in [0.4, 0.5) is 5.00 Å². The minimum absolute atomic E-state index is 0.000692. The van der Waals surface area contributed by atoms with E-state index in [0.29, 0.717) is 22.2 Å². The number of carbonyl (C=O) groups is 2. The van der Waals surface area contributed by atoms with Gasteiger partial charge in [-0.1, -0.05) is 68.7 Å². The van der Waals surface area contributed by atoms with E-state index >= 15 is 0 Å². The van der Waals surface area contributed by atoms with Crippen molar-refractivity contribution < 1.29 is 14.3 Å². The van der Waals surface area contributed by atoms with Gasteiger partial charge in [-0.25, -0.2) is 4.79 Å². The Balaban J connectivity index is 1.54. The number of benzene rings is 1. The molecule has 1 fully saturated rings. The molecule has 1 heterocycles. The third kappa shape index (κ3) is 6.42. The summed E-state index contributed by atoms with van der Waals surface area (Å²) in [5, 5.41) is 4.53. The second-order valence-corrected chi connectivity index (χ2v) is 11.1. The summed E-state index contributed by atoms with van der Waals surface area (Å²) < 4.78 is 5.45. The maximum atomic E-state index is 13.2. The van der Waals surface area contributed by atoms with Gasteiger partial charge in [0.25, 0.3) is 0 Å². The fraction of sp³-hybridized carbons (Fsp3) is 0.571. The normalized spacial score (nSPS) is 21.4. The maximum absolute atomic E-state index is 13.2. The van der Waals surface area contributed by atoms with Crippen molar-refractivity contribution >= 4 is 39.8 Å². The summed E-state index contributed by atoms with van der Waals surface area (Å²) in [5.41, 5.74) is 2.86. The molecule has 4 nitrogen and oxygen atoms in total. The highest BCUT2D eigenvalue weighted by molar-refractivity contribution is 7.17. The van der Waals surface area contributed by atoms with Gasteiger partial charge in [-0.2, -0.15) is 0 Å². The zero-order chi connectivity index (χ0) is 23.9. The van der Waals surface area contributed by atoms with Crippen molar-refractivity contribution in [2.75, 3.05) is 11.9 Å². The molecule has 184 valence electrons. The molecule has 0 saturated heterocycles. The Kier molecular flexibility index (Phi) is 9.07. The van der Waals surface area contributed by atoms with E-state index in [2.05, 4.69) is 5.32 Å². The minimum Gasteiger partial charge on any atom is -0.462 e. The van der Waals surface area contributed by atoms with E-state index in [0.717, 1.165) is 43.2 Å². The highest BCUT2D eigenvalue weighted by Crippen LogP contribution is 2.49. The van der Waals surface area contributed by atoms with Gasteiger partial charge in [0.2, 0.25) is 5.91 Å². The second-order valence-electron chi connectivity index (χ2n) is 9.60. The van der Waals surface area contributed by atoms with E-state index in [4.69, 9.17) is 16.3 Å². The first-order valence-corrected chi connectivity index (χ1v) is 14.2. The van der Waals surface area contributed by atoms with Crippen LogP contribution in [0.1, 0.15) is 103 Å². The summed E-state index contributed by atoms with van der Waals surface area (Å²) in [7, 11) is 0. The van der Waals surface area contributed by atoms with E-state index in [-0.39, 0.29) is 23.7 Å². The topological polar surface area (TPSA) is 55.4 Å². The van der Waals surface area contributed by atoms with Crippen molar-refractivity contribution in [3.05, 3.63) is 50.9 Å². The predicted molar refractivity (Wildman–Crippen MR) is 140 cm³/mol. The van der Waals surface area contributed by atoms with E-state index in [1.165, 1.54) is 49.8 Å². The molecule has 2 unspecified atom stereocenters. The number of hydrogen-bond acceptors (Lipinski definition) is 4. The molecule has 0 bridgehead atoms. The van der Waals surface area contributed by atoms with Crippen LogP contribution < -0.4 is 5.32 Å². The van der Waals surface area contributed by atoms with Crippen molar-refractivity contribution in [3.8, 4) is 0 Å². The molecule has 0 aliphatic heterocycles. The molecule has 2 atom stereocenters. The van der Waals surface area contributed by atoms with E-state index in [1.807, 2.05) is 31.2 Å². The largest absolute Gasteiger partial charge is 0.462 e. The van der Waals surface area contributed by atoms with Gasteiger partial charge >= 0.3 is 5.97 Å². The van der Waals surface area contributed by atoms with Gasteiger partial charge in [0.1, 0.15) is 5.00 Å². The molecule has 1 aromatic heterocycles. The van der Waals surface area contributed by atoms with Gasteiger partial charge < -0.3 is 10.1 Å². The average molecular weight is 502 g/mol. The van der Waals surface area contributed by atoms with Crippen molar-refractivity contribution in [3.63, 3.8) is 0 Å². The Morgan fingerprint density at radius 1 is 0.971 bits per heavy atom. The molecule has 0 spiro atoms. The van der Waals surface area contributed by atoms with Crippen molar-refractivity contribution in [1.29, 1.82) is 0 Å². The average Bonchev–Trinajstić information content (AvgIpc) is 3.54. The number of nitrogens with one attached hydrogen (secondary N) is 1. The molecule has 0 radical (unpaired) electrons. The van der Waals surface area contributed by atoms with Crippen molar-refractivity contribution in [2.45, 2.75) is 89.9 Å². The third-order valence-electron chi connectivity index (χ3n) is 7.06. The number of amides is 1. The smallest absolute Gasteiger partial charge is 0.341 e. The first-order valence-electron chi connectivity index (χ1n) is 13.0. The van der Waals surface area contributed by atoms with Crippen LogP contribution in [0.2, 0.25) is 5.02 Å². The molecule has 2 aliphatic carbocycles. The molecule has 2 aromatic rings. The van der Waals surface area contributed by atoms with Crippen molar-refractivity contribution in [2.24, 2.45) is 5.92 Å². The number of esters is 1. The highest BCUT2D eigenvalue weighted by atomic mass is 35.5. The fourth-order valence-corrected chi connectivity index (χ4v) is 6.48. The Hall–Kier alpha value is -1.85. The molecule has 4 rings (SSSR count). The second kappa shape index (κ2) is 12.2. The van der Waals surface area contributed by atoms with Crippen LogP contribution in [0, 0.1) is 5.92 Å². The van der Waals surface area contributed by atoms with Crippen molar-refractivity contribution in [1.82, 2.24) is 0 Å². The number of rotatable bonds is 5. The van der Waals surface area contributed by atoms with Crippen LogP contribution >= 0.6 is 22.9 Å². The number of anilines is 1. The fourth-order valence-electron chi connectivity index (χ4n) is 5.08. The van der Waals surface area contributed by atoms with Gasteiger partial charge in [0.05, 0.1) is 12.2 Å². The molecule has 34 heavy (non-hydrogen) atoms. The van der Waals surface area contributed by atoms with Crippen LogP contribution in [0.15, 0.2) is 24.3 Å². The van der Waals surface area contributed by atoms with E-state index in [1.54, 1.807) is 11.3 Å². The summed E-state index contributed by atoms with van der Waals surface area (Å²) in [6, 6.07) is 7.75. The number of aryl methyl sites for hydroxylation is 1. The molecule has 1 aromatic carbocycles. The number of fused-ring (bicyclic) bond motifs is 1. The van der Waals surface area contributed by atoms with Gasteiger partial charge in [-0.15, -0.1) is 11.3 Å². The Bertz CT molecular complexity index is 984. The molecule has 1 saturated carbocycles. The Morgan fingerprint density at radius 3 is 2.24 bits per heavy atom. The SMILES string of the molecule is CCOC(=O)c1c(NC(=O)C2CC2c2ccc(Cl)cc2)sc2c1CCCCCCCCCCC2. The molecular weight excluding hydrogens is 466 g/mol. The summed E-state index contributed by atoms with van der Waals surface area (Å²) in [6.45, 7) is 2.16. The van der Waals surface area contributed by atoms with Gasteiger partial charge in [-0.05, 0) is 68.2 Å². The predicted octanol–water partition coefficient (Wildman–Crippen LogP) is 7.93. The quantitative estimate of drug-likeness (QED) is 0.423. The summed E-state index contributed by atoms with van der Waals surface area (Å²) in [5.74, 6) is -0.153. The molecular formula is C28H36ClNO3S. The zero-order valence-corrected chi connectivity index (χ0v) is 21.7.